The lowest BCUT2D eigenvalue weighted by Crippen LogP contribution is -1.95. The zero-order valence-corrected chi connectivity index (χ0v) is 10.4. The Morgan fingerprint density at radius 2 is 1.83 bits per heavy atom. The summed E-state index contributed by atoms with van der Waals surface area (Å²) in [5.74, 6) is 0.274. The third-order valence-electron chi connectivity index (χ3n) is 2.48. The Bertz CT molecular complexity index is 576. The normalized spacial score (nSPS) is 10.1. The van der Waals surface area contributed by atoms with Crippen LogP contribution in [0.2, 0.25) is 5.02 Å². The van der Waals surface area contributed by atoms with Crippen molar-refractivity contribution in [3.05, 3.63) is 58.6 Å². The molecule has 3 nitrogen and oxygen atoms in total. The predicted molar refractivity (Wildman–Crippen MR) is 69.7 cm³/mol. The molecular weight excluding hydrogens is 252 g/mol. The van der Waals surface area contributed by atoms with Gasteiger partial charge in [-0.2, -0.15) is 0 Å². The van der Waals surface area contributed by atoms with Gasteiger partial charge in [-0.05, 0) is 48.9 Å². The maximum absolute atomic E-state index is 10.7. The molecule has 0 fully saturated rings. The quantitative estimate of drug-likeness (QED) is 0.904. The van der Waals surface area contributed by atoms with Crippen LogP contribution in [0.5, 0.6) is 11.5 Å². The van der Waals surface area contributed by atoms with Crippen LogP contribution in [0.3, 0.4) is 0 Å². The highest BCUT2D eigenvalue weighted by atomic mass is 35.5. The van der Waals surface area contributed by atoms with Crippen LogP contribution >= 0.6 is 11.6 Å². The Balaban J connectivity index is 2.23. The van der Waals surface area contributed by atoms with Gasteiger partial charge in [0.15, 0.2) is 0 Å². The largest absolute Gasteiger partial charge is 0.478 e. The van der Waals surface area contributed by atoms with Crippen LogP contribution in [0.4, 0.5) is 0 Å². The van der Waals surface area contributed by atoms with E-state index < -0.39 is 5.97 Å². The Hall–Kier alpha value is -2.00. The van der Waals surface area contributed by atoms with Crippen molar-refractivity contribution in [3.8, 4) is 11.5 Å². The summed E-state index contributed by atoms with van der Waals surface area (Å²) in [6.45, 7) is 1.91. The van der Waals surface area contributed by atoms with Crippen molar-refractivity contribution in [2.24, 2.45) is 0 Å². The lowest BCUT2D eigenvalue weighted by molar-refractivity contribution is 0.0697. The molecule has 2 rings (SSSR count). The van der Waals surface area contributed by atoms with Crippen LogP contribution in [0.1, 0.15) is 15.9 Å². The number of aromatic carboxylic acids is 1. The summed E-state index contributed by atoms with van der Waals surface area (Å²) in [7, 11) is 0. The monoisotopic (exact) mass is 262 g/mol. The summed E-state index contributed by atoms with van der Waals surface area (Å²) < 4.78 is 5.65. The Morgan fingerprint density at radius 1 is 1.17 bits per heavy atom. The van der Waals surface area contributed by atoms with Crippen molar-refractivity contribution < 1.29 is 14.6 Å². The van der Waals surface area contributed by atoms with Gasteiger partial charge in [-0.1, -0.05) is 17.7 Å². The minimum absolute atomic E-state index is 0.227. The number of carbonyl (C=O) groups is 1. The van der Waals surface area contributed by atoms with Gasteiger partial charge >= 0.3 is 5.97 Å². The van der Waals surface area contributed by atoms with Crippen LogP contribution in [0.15, 0.2) is 42.5 Å². The molecule has 0 aliphatic heterocycles. The molecule has 4 heteroatoms. The number of halogens is 1. The number of carboxylic acid groups (broad SMARTS) is 1. The summed E-state index contributed by atoms with van der Waals surface area (Å²) in [5.41, 5.74) is 1.19. The molecule has 0 aromatic heterocycles. The highest BCUT2D eigenvalue weighted by Crippen LogP contribution is 2.27. The van der Waals surface area contributed by atoms with Crippen molar-refractivity contribution in [2.75, 3.05) is 0 Å². The van der Waals surface area contributed by atoms with Crippen molar-refractivity contribution in [1.29, 1.82) is 0 Å². The molecule has 0 heterocycles. The minimum atomic E-state index is -0.958. The summed E-state index contributed by atoms with van der Waals surface area (Å²) in [5, 5.41) is 9.38. The predicted octanol–water partition coefficient (Wildman–Crippen LogP) is 4.14. The van der Waals surface area contributed by atoms with Crippen LogP contribution in [-0.2, 0) is 0 Å². The van der Waals surface area contributed by atoms with Crippen LogP contribution in [0, 0.1) is 6.92 Å². The molecule has 0 spiro atoms. The van der Waals surface area contributed by atoms with Gasteiger partial charge in [0.1, 0.15) is 11.5 Å². The fourth-order valence-corrected chi connectivity index (χ4v) is 1.64. The van der Waals surface area contributed by atoms with E-state index in [0.29, 0.717) is 16.5 Å². The van der Waals surface area contributed by atoms with Gasteiger partial charge in [-0.3, -0.25) is 0 Å². The number of aryl methyl sites for hydroxylation is 1. The summed E-state index contributed by atoms with van der Waals surface area (Å²) in [4.78, 5) is 10.7. The third-order valence-corrected chi connectivity index (χ3v) is 2.71. The second-order valence-electron chi connectivity index (χ2n) is 3.84. The Labute approximate surface area is 110 Å². The molecule has 2 aromatic rings. The smallest absolute Gasteiger partial charge is 0.335 e. The fourth-order valence-electron chi connectivity index (χ4n) is 1.48. The molecule has 1 N–H and O–H groups in total. The van der Waals surface area contributed by atoms with E-state index in [1.165, 1.54) is 12.1 Å². The SMILES string of the molecule is Cc1ccc(Cl)cc1Oc1ccc(C(=O)O)cc1. The van der Waals surface area contributed by atoms with E-state index in [-0.39, 0.29) is 5.56 Å². The lowest BCUT2D eigenvalue weighted by atomic mass is 10.2. The molecule has 2 aromatic carbocycles. The first-order valence-corrected chi connectivity index (χ1v) is 5.71. The molecular formula is C14H11ClO3. The molecule has 0 aliphatic carbocycles. The average molecular weight is 263 g/mol. The molecule has 0 radical (unpaired) electrons. The van der Waals surface area contributed by atoms with Gasteiger partial charge in [0.2, 0.25) is 0 Å². The van der Waals surface area contributed by atoms with Gasteiger partial charge in [-0.25, -0.2) is 4.79 Å². The number of hydrogen-bond acceptors (Lipinski definition) is 2. The highest BCUT2D eigenvalue weighted by Gasteiger charge is 2.05. The van der Waals surface area contributed by atoms with Crippen molar-refractivity contribution in [2.45, 2.75) is 6.92 Å². The van der Waals surface area contributed by atoms with Gasteiger partial charge in [-0.15, -0.1) is 0 Å². The number of carboxylic acids is 1. The maximum atomic E-state index is 10.7. The van der Waals surface area contributed by atoms with Crippen LogP contribution < -0.4 is 4.74 Å². The molecule has 0 atom stereocenters. The molecule has 0 saturated carbocycles. The van der Waals surface area contributed by atoms with Gasteiger partial charge < -0.3 is 9.84 Å². The van der Waals surface area contributed by atoms with Crippen molar-refractivity contribution >= 4 is 17.6 Å². The molecule has 0 unspecified atom stereocenters. The van der Waals surface area contributed by atoms with Crippen LogP contribution in [0.25, 0.3) is 0 Å². The Kier molecular flexibility index (Phi) is 3.53. The minimum Gasteiger partial charge on any atom is -0.478 e. The number of hydrogen-bond donors (Lipinski definition) is 1. The molecule has 0 saturated heterocycles. The van der Waals surface area contributed by atoms with E-state index in [2.05, 4.69) is 0 Å². The first-order valence-electron chi connectivity index (χ1n) is 5.33. The van der Waals surface area contributed by atoms with Crippen LogP contribution in [-0.4, -0.2) is 11.1 Å². The van der Waals surface area contributed by atoms with Crippen molar-refractivity contribution in [3.63, 3.8) is 0 Å². The standard InChI is InChI=1S/C14H11ClO3/c1-9-2-5-11(15)8-13(9)18-12-6-3-10(4-7-12)14(16)17/h2-8H,1H3,(H,16,17). The topological polar surface area (TPSA) is 46.5 Å². The molecule has 0 amide bonds. The molecule has 0 bridgehead atoms. The van der Waals surface area contributed by atoms with E-state index in [9.17, 15) is 4.79 Å². The maximum Gasteiger partial charge on any atom is 0.335 e. The van der Waals surface area contributed by atoms with E-state index in [1.54, 1.807) is 24.3 Å². The summed E-state index contributed by atoms with van der Waals surface area (Å²) in [6, 6.07) is 11.6. The second-order valence-corrected chi connectivity index (χ2v) is 4.28. The molecule has 0 aliphatic rings. The number of rotatable bonds is 3. The van der Waals surface area contributed by atoms with E-state index in [4.69, 9.17) is 21.4 Å². The van der Waals surface area contributed by atoms with Crippen molar-refractivity contribution in [1.82, 2.24) is 0 Å². The number of benzene rings is 2. The lowest BCUT2D eigenvalue weighted by Gasteiger charge is -2.09. The number of ether oxygens (including phenoxy) is 1. The van der Waals surface area contributed by atoms with E-state index in [0.717, 1.165) is 5.56 Å². The summed E-state index contributed by atoms with van der Waals surface area (Å²) in [6.07, 6.45) is 0. The highest BCUT2D eigenvalue weighted by molar-refractivity contribution is 6.30. The Morgan fingerprint density at radius 3 is 2.44 bits per heavy atom. The zero-order chi connectivity index (χ0) is 13.1. The van der Waals surface area contributed by atoms with E-state index >= 15 is 0 Å². The zero-order valence-electron chi connectivity index (χ0n) is 9.68. The second kappa shape index (κ2) is 5.10. The molecule has 18 heavy (non-hydrogen) atoms. The molecule has 92 valence electrons. The van der Waals surface area contributed by atoms with Gasteiger partial charge in [0.25, 0.3) is 0 Å². The average Bonchev–Trinajstić information content (AvgIpc) is 2.34. The first-order chi connectivity index (χ1) is 8.56. The third kappa shape index (κ3) is 2.81. The fraction of sp³-hybridized carbons (Fsp3) is 0.0714. The van der Waals surface area contributed by atoms with Gasteiger partial charge in [0.05, 0.1) is 5.56 Å². The summed E-state index contributed by atoms with van der Waals surface area (Å²) >= 11 is 5.89. The first kappa shape index (κ1) is 12.5. The van der Waals surface area contributed by atoms with E-state index in [1.807, 2.05) is 13.0 Å². The van der Waals surface area contributed by atoms with Gasteiger partial charge in [0, 0.05) is 5.02 Å².